The quantitative estimate of drug-likeness (QED) is 0.603. The molecule has 0 spiro atoms. The van der Waals surface area contributed by atoms with Crippen LogP contribution in [0.25, 0.3) is 0 Å². The van der Waals surface area contributed by atoms with Crippen LogP contribution < -0.4 is 5.73 Å². The second kappa shape index (κ2) is 3.26. The van der Waals surface area contributed by atoms with E-state index >= 15 is 0 Å². The molecular weight excluding hydrogens is 166 g/mol. The molecule has 0 unspecified atom stereocenters. The summed E-state index contributed by atoms with van der Waals surface area (Å²) in [6.45, 7) is 4.26. The molecule has 0 fully saturated rings. The molecule has 4 N–H and O–H groups in total. The van der Waals surface area contributed by atoms with Crippen LogP contribution in [0.15, 0.2) is 18.2 Å². The second-order valence-corrected chi connectivity index (χ2v) is 3.76. The minimum Gasteiger partial charge on any atom is -0.504 e. The van der Waals surface area contributed by atoms with E-state index in [0.29, 0.717) is 12.1 Å². The Bertz CT molecular complexity index is 308. The van der Waals surface area contributed by atoms with E-state index in [1.54, 1.807) is 12.1 Å². The van der Waals surface area contributed by atoms with E-state index in [9.17, 15) is 10.2 Å². The standard InChI is InChI=1S/C10H15NO2/c1-10(2,6-11)7-4-3-5-8(12)9(7)13/h3-5,12-13H,6,11H2,1-2H3. The molecule has 0 aromatic heterocycles. The molecule has 1 rings (SSSR count). The zero-order chi connectivity index (χ0) is 10.1. The summed E-state index contributed by atoms with van der Waals surface area (Å²) in [5.41, 5.74) is 5.92. The van der Waals surface area contributed by atoms with E-state index in [-0.39, 0.29) is 16.9 Å². The third kappa shape index (κ3) is 1.75. The van der Waals surface area contributed by atoms with Crippen molar-refractivity contribution >= 4 is 0 Å². The van der Waals surface area contributed by atoms with Gasteiger partial charge in [0, 0.05) is 17.5 Å². The maximum absolute atomic E-state index is 9.56. The Morgan fingerprint density at radius 3 is 2.46 bits per heavy atom. The molecule has 13 heavy (non-hydrogen) atoms. The molecular formula is C10H15NO2. The van der Waals surface area contributed by atoms with Gasteiger partial charge in [0.15, 0.2) is 11.5 Å². The van der Waals surface area contributed by atoms with Gasteiger partial charge >= 0.3 is 0 Å². The fourth-order valence-corrected chi connectivity index (χ4v) is 1.19. The van der Waals surface area contributed by atoms with Gasteiger partial charge in [-0.25, -0.2) is 0 Å². The third-order valence-electron chi connectivity index (χ3n) is 2.25. The predicted molar refractivity (Wildman–Crippen MR) is 51.9 cm³/mol. The van der Waals surface area contributed by atoms with E-state index < -0.39 is 0 Å². The van der Waals surface area contributed by atoms with Gasteiger partial charge in [0.1, 0.15) is 0 Å². The molecule has 0 saturated carbocycles. The number of aromatic hydroxyl groups is 2. The number of rotatable bonds is 2. The van der Waals surface area contributed by atoms with Crippen molar-refractivity contribution in [1.29, 1.82) is 0 Å². The molecule has 1 aromatic rings. The van der Waals surface area contributed by atoms with E-state index in [1.807, 2.05) is 13.8 Å². The van der Waals surface area contributed by atoms with Crippen LogP contribution in [0.2, 0.25) is 0 Å². The first-order chi connectivity index (χ1) is 5.99. The van der Waals surface area contributed by atoms with E-state index in [0.717, 1.165) is 0 Å². The zero-order valence-corrected chi connectivity index (χ0v) is 7.91. The molecule has 3 heteroatoms. The Labute approximate surface area is 77.8 Å². The molecule has 0 saturated heterocycles. The van der Waals surface area contributed by atoms with E-state index in [1.165, 1.54) is 6.07 Å². The van der Waals surface area contributed by atoms with Crippen molar-refractivity contribution in [2.24, 2.45) is 5.73 Å². The molecule has 3 nitrogen and oxygen atoms in total. The lowest BCUT2D eigenvalue weighted by molar-refractivity contribution is 0.386. The van der Waals surface area contributed by atoms with Gasteiger partial charge < -0.3 is 15.9 Å². The van der Waals surface area contributed by atoms with Crippen LogP contribution in [0.4, 0.5) is 0 Å². The van der Waals surface area contributed by atoms with E-state index in [4.69, 9.17) is 5.73 Å². The minimum absolute atomic E-state index is 0.0713. The number of hydrogen-bond acceptors (Lipinski definition) is 3. The molecule has 0 bridgehead atoms. The van der Waals surface area contributed by atoms with Crippen LogP contribution >= 0.6 is 0 Å². The van der Waals surface area contributed by atoms with Gasteiger partial charge in [0.2, 0.25) is 0 Å². The number of para-hydroxylation sites is 1. The molecule has 0 amide bonds. The highest BCUT2D eigenvalue weighted by molar-refractivity contribution is 5.47. The summed E-state index contributed by atoms with van der Waals surface area (Å²) in [7, 11) is 0. The van der Waals surface area contributed by atoms with Crippen LogP contribution in [0.3, 0.4) is 0 Å². The minimum atomic E-state index is -0.317. The summed E-state index contributed by atoms with van der Waals surface area (Å²) < 4.78 is 0. The SMILES string of the molecule is CC(C)(CN)c1cccc(O)c1O. The van der Waals surface area contributed by atoms with Gasteiger partial charge in [-0.1, -0.05) is 26.0 Å². The van der Waals surface area contributed by atoms with Crippen LogP contribution in [-0.2, 0) is 5.41 Å². The number of phenolic OH excluding ortho intramolecular Hbond substituents is 2. The lowest BCUT2D eigenvalue weighted by Gasteiger charge is -2.24. The van der Waals surface area contributed by atoms with Crippen LogP contribution in [0, 0.1) is 0 Å². The Morgan fingerprint density at radius 2 is 1.92 bits per heavy atom. The average Bonchev–Trinajstić information content (AvgIpc) is 2.09. The molecule has 0 heterocycles. The molecule has 1 aromatic carbocycles. The first-order valence-corrected chi connectivity index (χ1v) is 4.20. The Hall–Kier alpha value is -1.22. The maximum atomic E-state index is 9.56. The number of phenols is 2. The maximum Gasteiger partial charge on any atom is 0.161 e. The zero-order valence-electron chi connectivity index (χ0n) is 7.91. The highest BCUT2D eigenvalue weighted by atomic mass is 16.3. The Morgan fingerprint density at radius 1 is 1.31 bits per heavy atom. The summed E-state index contributed by atoms with van der Waals surface area (Å²) in [5.74, 6) is -0.169. The summed E-state index contributed by atoms with van der Waals surface area (Å²) in [4.78, 5) is 0. The molecule has 72 valence electrons. The van der Waals surface area contributed by atoms with Crippen molar-refractivity contribution < 1.29 is 10.2 Å². The Kier molecular flexibility index (Phi) is 2.48. The normalized spacial score (nSPS) is 11.6. The van der Waals surface area contributed by atoms with Gasteiger partial charge in [-0.2, -0.15) is 0 Å². The second-order valence-electron chi connectivity index (χ2n) is 3.76. The topological polar surface area (TPSA) is 66.5 Å². The van der Waals surface area contributed by atoms with E-state index in [2.05, 4.69) is 0 Å². The summed E-state index contributed by atoms with van der Waals surface area (Å²) in [6.07, 6.45) is 0. The first-order valence-electron chi connectivity index (χ1n) is 4.20. The highest BCUT2D eigenvalue weighted by Crippen LogP contribution is 2.35. The predicted octanol–water partition coefficient (Wildman–Crippen LogP) is 1.33. The summed E-state index contributed by atoms with van der Waals surface area (Å²) in [5, 5.41) is 18.8. The van der Waals surface area contributed by atoms with Gasteiger partial charge in [0.05, 0.1) is 0 Å². The lowest BCUT2D eigenvalue weighted by atomic mass is 9.84. The average molecular weight is 181 g/mol. The number of hydrogen-bond donors (Lipinski definition) is 3. The molecule has 0 aliphatic carbocycles. The molecule has 0 aliphatic heterocycles. The third-order valence-corrected chi connectivity index (χ3v) is 2.25. The van der Waals surface area contributed by atoms with Crippen LogP contribution in [0.1, 0.15) is 19.4 Å². The number of benzene rings is 1. The van der Waals surface area contributed by atoms with Crippen molar-refractivity contribution in [3.05, 3.63) is 23.8 Å². The van der Waals surface area contributed by atoms with Crippen molar-refractivity contribution in [3.63, 3.8) is 0 Å². The van der Waals surface area contributed by atoms with Gasteiger partial charge in [-0.15, -0.1) is 0 Å². The lowest BCUT2D eigenvalue weighted by Crippen LogP contribution is -2.28. The van der Waals surface area contributed by atoms with Crippen molar-refractivity contribution in [2.75, 3.05) is 6.54 Å². The first kappa shape index (κ1) is 9.86. The molecule has 0 aliphatic rings. The van der Waals surface area contributed by atoms with Gasteiger partial charge in [-0.05, 0) is 6.07 Å². The van der Waals surface area contributed by atoms with Crippen molar-refractivity contribution in [2.45, 2.75) is 19.3 Å². The fourth-order valence-electron chi connectivity index (χ4n) is 1.19. The smallest absolute Gasteiger partial charge is 0.161 e. The fraction of sp³-hybridized carbons (Fsp3) is 0.400. The monoisotopic (exact) mass is 181 g/mol. The number of nitrogens with two attached hydrogens (primary N) is 1. The van der Waals surface area contributed by atoms with Gasteiger partial charge in [0.25, 0.3) is 0 Å². The Balaban J connectivity index is 3.22. The molecule has 0 atom stereocenters. The van der Waals surface area contributed by atoms with Crippen LogP contribution in [-0.4, -0.2) is 16.8 Å². The largest absolute Gasteiger partial charge is 0.504 e. The van der Waals surface area contributed by atoms with Crippen LogP contribution in [0.5, 0.6) is 11.5 Å². The van der Waals surface area contributed by atoms with Crippen molar-refractivity contribution in [1.82, 2.24) is 0 Å². The van der Waals surface area contributed by atoms with Gasteiger partial charge in [-0.3, -0.25) is 0 Å². The summed E-state index contributed by atoms with van der Waals surface area (Å²) >= 11 is 0. The molecule has 0 radical (unpaired) electrons. The van der Waals surface area contributed by atoms with Crippen molar-refractivity contribution in [3.8, 4) is 11.5 Å². The summed E-state index contributed by atoms with van der Waals surface area (Å²) in [6, 6.07) is 4.91. The highest BCUT2D eigenvalue weighted by Gasteiger charge is 2.23.